The summed E-state index contributed by atoms with van der Waals surface area (Å²) in [6.07, 6.45) is 0.531. The molecule has 0 aliphatic heterocycles. The van der Waals surface area contributed by atoms with Crippen LogP contribution in [-0.4, -0.2) is 18.8 Å². The largest absolute Gasteiger partial charge is 0.395 e. The van der Waals surface area contributed by atoms with Crippen molar-refractivity contribution in [1.29, 1.82) is 0 Å². The van der Waals surface area contributed by atoms with Gasteiger partial charge in [0.1, 0.15) is 0 Å². The summed E-state index contributed by atoms with van der Waals surface area (Å²) in [7, 11) is 2.10. The van der Waals surface area contributed by atoms with Gasteiger partial charge in [-0.15, -0.1) is 11.3 Å². The summed E-state index contributed by atoms with van der Waals surface area (Å²) in [5, 5.41) is 10.8. The van der Waals surface area contributed by atoms with Crippen LogP contribution >= 0.6 is 11.3 Å². The van der Waals surface area contributed by atoms with Gasteiger partial charge >= 0.3 is 0 Å². The van der Waals surface area contributed by atoms with Crippen LogP contribution in [0.1, 0.15) is 22.4 Å². The minimum absolute atomic E-state index is 0.121. The zero-order valence-corrected chi connectivity index (χ0v) is 12.7. The second-order valence-electron chi connectivity index (χ2n) is 4.73. The fourth-order valence-corrected chi connectivity index (χ4v) is 2.84. The normalized spacial score (nSPS) is 9.95. The van der Waals surface area contributed by atoms with Crippen molar-refractivity contribution < 1.29 is 5.11 Å². The summed E-state index contributed by atoms with van der Waals surface area (Å²) >= 11 is 1.73. The average Bonchev–Trinajstić information content (AvgIpc) is 2.86. The maximum atomic E-state index is 8.78. The highest BCUT2D eigenvalue weighted by molar-refractivity contribution is 7.10. The minimum atomic E-state index is 0.121. The molecular formula is C17H19NOS. The van der Waals surface area contributed by atoms with Crippen LogP contribution in [-0.2, 0) is 6.54 Å². The Labute approximate surface area is 124 Å². The van der Waals surface area contributed by atoms with Gasteiger partial charge in [0, 0.05) is 29.6 Å². The highest BCUT2D eigenvalue weighted by atomic mass is 32.1. The van der Waals surface area contributed by atoms with Gasteiger partial charge in [-0.25, -0.2) is 0 Å². The van der Waals surface area contributed by atoms with Crippen LogP contribution < -0.4 is 4.90 Å². The molecule has 0 saturated heterocycles. The van der Waals surface area contributed by atoms with Gasteiger partial charge in [0.15, 0.2) is 0 Å². The molecule has 2 nitrogen and oxygen atoms in total. The van der Waals surface area contributed by atoms with Crippen LogP contribution in [0.2, 0.25) is 0 Å². The van der Waals surface area contributed by atoms with Crippen LogP contribution in [0.5, 0.6) is 0 Å². The third kappa shape index (κ3) is 3.86. The molecule has 0 atom stereocenters. The Kier molecular flexibility index (Phi) is 5.23. The number of aliphatic hydroxyl groups excluding tert-OH is 1. The quantitative estimate of drug-likeness (QED) is 0.870. The number of anilines is 1. The Hall–Kier alpha value is -1.76. The second-order valence-corrected chi connectivity index (χ2v) is 5.73. The van der Waals surface area contributed by atoms with Gasteiger partial charge in [-0.1, -0.05) is 24.0 Å². The molecule has 0 aliphatic rings. The third-order valence-electron chi connectivity index (χ3n) is 3.03. The van der Waals surface area contributed by atoms with Gasteiger partial charge in [0.05, 0.1) is 13.2 Å². The number of thiophene rings is 1. The van der Waals surface area contributed by atoms with E-state index in [9.17, 15) is 0 Å². The molecule has 0 fully saturated rings. The van der Waals surface area contributed by atoms with E-state index in [1.165, 1.54) is 16.1 Å². The number of hydrogen-bond donors (Lipinski definition) is 1. The lowest BCUT2D eigenvalue weighted by Crippen LogP contribution is -2.16. The zero-order valence-electron chi connectivity index (χ0n) is 11.9. The van der Waals surface area contributed by atoms with E-state index < -0.39 is 0 Å². The minimum Gasteiger partial charge on any atom is -0.395 e. The van der Waals surface area contributed by atoms with E-state index in [0.29, 0.717) is 6.42 Å². The summed E-state index contributed by atoms with van der Waals surface area (Å²) in [6.45, 7) is 3.08. The van der Waals surface area contributed by atoms with Gasteiger partial charge in [-0.3, -0.25) is 0 Å². The summed E-state index contributed by atoms with van der Waals surface area (Å²) in [4.78, 5) is 3.50. The first-order valence-corrected chi connectivity index (χ1v) is 7.52. The van der Waals surface area contributed by atoms with Gasteiger partial charge in [-0.05, 0) is 36.1 Å². The fourth-order valence-electron chi connectivity index (χ4n) is 1.96. The lowest BCUT2D eigenvalue weighted by Gasteiger charge is -2.19. The van der Waals surface area contributed by atoms with E-state index in [4.69, 9.17) is 5.11 Å². The maximum Gasteiger partial charge on any atom is 0.0540 e. The van der Waals surface area contributed by atoms with Crippen molar-refractivity contribution in [3.8, 4) is 11.8 Å². The molecule has 1 N–H and O–H groups in total. The van der Waals surface area contributed by atoms with Gasteiger partial charge in [0.25, 0.3) is 0 Å². The zero-order chi connectivity index (χ0) is 14.4. The third-order valence-corrected chi connectivity index (χ3v) is 3.93. The van der Waals surface area contributed by atoms with Gasteiger partial charge in [0.2, 0.25) is 0 Å². The van der Waals surface area contributed by atoms with Crippen molar-refractivity contribution in [2.24, 2.45) is 0 Å². The average molecular weight is 285 g/mol. The SMILES string of the molecule is Cc1cccc(N(C)Cc2sccc2C#CCCO)c1. The molecule has 0 aliphatic carbocycles. The topological polar surface area (TPSA) is 23.5 Å². The fraction of sp³-hybridized carbons (Fsp3) is 0.294. The predicted molar refractivity (Wildman–Crippen MR) is 86.2 cm³/mol. The van der Waals surface area contributed by atoms with Crippen molar-refractivity contribution in [2.75, 3.05) is 18.6 Å². The van der Waals surface area contributed by atoms with E-state index in [1.807, 2.05) is 0 Å². The molecule has 1 aromatic heterocycles. The summed E-state index contributed by atoms with van der Waals surface area (Å²) < 4.78 is 0. The second kappa shape index (κ2) is 7.14. The molecule has 3 heteroatoms. The van der Waals surface area contributed by atoms with E-state index >= 15 is 0 Å². The Balaban J connectivity index is 2.11. The number of hydrogen-bond acceptors (Lipinski definition) is 3. The monoisotopic (exact) mass is 285 g/mol. The summed E-state index contributed by atoms with van der Waals surface area (Å²) in [5.74, 6) is 6.12. The Bertz CT molecular complexity index is 621. The molecular weight excluding hydrogens is 266 g/mol. The maximum absolute atomic E-state index is 8.78. The first-order valence-electron chi connectivity index (χ1n) is 6.64. The molecule has 0 radical (unpaired) electrons. The lowest BCUT2D eigenvalue weighted by molar-refractivity contribution is 0.305. The molecule has 0 saturated carbocycles. The van der Waals surface area contributed by atoms with Crippen LogP contribution in [0, 0.1) is 18.8 Å². The van der Waals surface area contributed by atoms with Crippen molar-refractivity contribution in [2.45, 2.75) is 19.9 Å². The van der Waals surface area contributed by atoms with Crippen LogP contribution in [0.15, 0.2) is 35.7 Å². The van der Waals surface area contributed by atoms with E-state index in [2.05, 4.69) is 66.4 Å². The molecule has 1 aromatic carbocycles. The number of aryl methyl sites for hydroxylation is 1. The molecule has 0 amide bonds. The molecule has 20 heavy (non-hydrogen) atoms. The van der Waals surface area contributed by atoms with Crippen molar-refractivity contribution in [3.63, 3.8) is 0 Å². The van der Waals surface area contributed by atoms with Crippen LogP contribution in [0.4, 0.5) is 5.69 Å². The summed E-state index contributed by atoms with van der Waals surface area (Å²) in [6, 6.07) is 10.5. The Morgan fingerprint density at radius 1 is 1.30 bits per heavy atom. The smallest absolute Gasteiger partial charge is 0.0540 e. The van der Waals surface area contributed by atoms with E-state index in [0.717, 1.165) is 12.1 Å². The highest BCUT2D eigenvalue weighted by Gasteiger charge is 2.07. The van der Waals surface area contributed by atoms with Crippen molar-refractivity contribution >= 4 is 17.0 Å². The molecule has 2 rings (SSSR count). The number of nitrogens with zero attached hydrogens (tertiary/aromatic N) is 1. The molecule has 0 bridgehead atoms. The first kappa shape index (κ1) is 14.6. The first-order chi connectivity index (χ1) is 9.70. The van der Waals surface area contributed by atoms with Gasteiger partial charge < -0.3 is 10.0 Å². The molecule has 0 unspecified atom stereocenters. The Morgan fingerprint density at radius 3 is 2.90 bits per heavy atom. The Morgan fingerprint density at radius 2 is 2.15 bits per heavy atom. The standard InChI is InChI=1S/C17H19NOS/c1-14-6-5-8-16(12-14)18(2)13-17-15(9-11-20-17)7-3-4-10-19/h5-6,8-9,11-12,19H,4,10,13H2,1-2H3. The number of aliphatic hydroxyl groups is 1. The van der Waals surface area contributed by atoms with Crippen molar-refractivity contribution in [3.05, 3.63) is 51.7 Å². The molecule has 1 heterocycles. The van der Waals surface area contributed by atoms with E-state index in [1.54, 1.807) is 11.3 Å². The van der Waals surface area contributed by atoms with Crippen molar-refractivity contribution in [1.82, 2.24) is 0 Å². The van der Waals surface area contributed by atoms with E-state index in [-0.39, 0.29) is 6.61 Å². The number of rotatable bonds is 4. The van der Waals surface area contributed by atoms with Gasteiger partial charge in [-0.2, -0.15) is 0 Å². The molecule has 2 aromatic rings. The molecule has 0 spiro atoms. The predicted octanol–water partition coefficient (Wildman–Crippen LogP) is 3.43. The lowest BCUT2D eigenvalue weighted by atomic mass is 10.2. The molecule has 104 valence electrons. The van der Waals surface area contributed by atoms with Crippen LogP contribution in [0.3, 0.4) is 0 Å². The number of benzene rings is 1. The summed E-state index contributed by atoms with van der Waals surface area (Å²) in [5.41, 5.74) is 3.55. The van der Waals surface area contributed by atoms with Crippen LogP contribution in [0.25, 0.3) is 0 Å². The highest BCUT2D eigenvalue weighted by Crippen LogP contribution is 2.22.